The molecule has 1 aromatic rings. The molecule has 1 aliphatic heterocycles. The fourth-order valence-electron chi connectivity index (χ4n) is 3.22. The van der Waals surface area contributed by atoms with E-state index >= 15 is 0 Å². The number of hydrogen-bond acceptors (Lipinski definition) is 2. The molecule has 2 fully saturated rings. The van der Waals surface area contributed by atoms with E-state index in [0.29, 0.717) is 23.1 Å². The zero-order valence-electron chi connectivity index (χ0n) is 12.1. The van der Waals surface area contributed by atoms with Crippen molar-refractivity contribution in [2.45, 2.75) is 25.2 Å². The van der Waals surface area contributed by atoms with Crippen LogP contribution in [0.4, 0.5) is 0 Å². The van der Waals surface area contributed by atoms with Crippen molar-refractivity contribution in [3.8, 4) is 0 Å². The molecule has 1 saturated carbocycles. The number of nitrogens with two attached hydrogens (primary N) is 1. The van der Waals surface area contributed by atoms with Crippen LogP contribution in [0.25, 0.3) is 0 Å². The van der Waals surface area contributed by atoms with E-state index in [-0.39, 0.29) is 29.6 Å². The molecule has 22 heavy (non-hydrogen) atoms. The summed E-state index contributed by atoms with van der Waals surface area (Å²) < 4.78 is 0. The molecule has 2 N–H and O–H groups in total. The van der Waals surface area contributed by atoms with Crippen molar-refractivity contribution >= 4 is 35.0 Å². The summed E-state index contributed by atoms with van der Waals surface area (Å²) in [5, 5.41) is 1.04. The van der Waals surface area contributed by atoms with Gasteiger partial charge in [-0.25, -0.2) is 0 Å². The summed E-state index contributed by atoms with van der Waals surface area (Å²) in [6.07, 6.45) is 2.44. The van der Waals surface area contributed by atoms with Gasteiger partial charge in [0.25, 0.3) is 0 Å². The second-order valence-electron chi connectivity index (χ2n) is 6.15. The molecule has 118 valence electrons. The largest absolute Gasteiger partial charge is 0.369 e. The average Bonchev–Trinajstić information content (AvgIpc) is 3.30. The number of hydrogen-bond donors (Lipinski definition) is 1. The standard InChI is InChI=1S/C16H18Cl2N2O2/c17-13-4-3-9(6-14(13)18)11-7-12(11)16(22)20-5-1-2-10(8-20)15(19)21/h3-4,6,10-12H,1-2,5,7-8H2,(H2,19,21)/t10-,11-,12-/m1/s1. The Bertz CT molecular complexity index is 620. The first-order chi connectivity index (χ1) is 10.5. The van der Waals surface area contributed by atoms with Crippen molar-refractivity contribution in [1.82, 2.24) is 4.90 Å². The van der Waals surface area contributed by atoms with Crippen molar-refractivity contribution in [3.63, 3.8) is 0 Å². The molecule has 0 aromatic heterocycles. The molecule has 3 rings (SSSR count). The van der Waals surface area contributed by atoms with Crippen LogP contribution in [0.3, 0.4) is 0 Å². The number of carbonyl (C=O) groups excluding carboxylic acids is 2. The fourth-order valence-corrected chi connectivity index (χ4v) is 3.53. The Kier molecular flexibility index (Phi) is 4.33. The predicted molar refractivity (Wildman–Crippen MR) is 85.8 cm³/mol. The van der Waals surface area contributed by atoms with Crippen LogP contribution in [-0.2, 0) is 9.59 Å². The van der Waals surface area contributed by atoms with Gasteiger partial charge in [0, 0.05) is 19.0 Å². The van der Waals surface area contributed by atoms with Gasteiger partial charge < -0.3 is 10.6 Å². The quantitative estimate of drug-likeness (QED) is 0.919. The third-order valence-electron chi connectivity index (χ3n) is 4.61. The number of primary amides is 1. The maximum absolute atomic E-state index is 12.6. The highest BCUT2D eigenvalue weighted by atomic mass is 35.5. The molecule has 6 heteroatoms. The van der Waals surface area contributed by atoms with E-state index in [4.69, 9.17) is 28.9 Å². The first kappa shape index (κ1) is 15.6. The van der Waals surface area contributed by atoms with Gasteiger partial charge in [0.2, 0.25) is 11.8 Å². The molecular weight excluding hydrogens is 323 g/mol. The second-order valence-corrected chi connectivity index (χ2v) is 6.96. The Morgan fingerprint density at radius 3 is 2.68 bits per heavy atom. The summed E-state index contributed by atoms with van der Waals surface area (Å²) in [7, 11) is 0. The summed E-state index contributed by atoms with van der Waals surface area (Å²) in [6.45, 7) is 1.17. The second kappa shape index (κ2) is 6.09. The fraction of sp³-hybridized carbons (Fsp3) is 0.500. The first-order valence-electron chi connectivity index (χ1n) is 7.50. The maximum atomic E-state index is 12.6. The molecule has 0 bridgehead atoms. The molecule has 1 aliphatic carbocycles. The van der Waals surface area contributed by atoms with Gasteiger partial charge >= 0.3 is 0 Å². The van der Waals surface area contributed by atoms with Crippen molar-refractivity contribution in [2.24, 2.45) is 17.6 Å². The molecular formula is C16H18Cl2N2O2. The summed E-state index contributed by atoms with van der Waals surface area (Å²) >= 11 is 12.0. The zero-order chi connectivity index (χ0) is 15.9. The van der Waals surface area contributed by atoms with Gasteiger partial charge in [-0.05, 0) is 42.9 Å². The van der Waals surface area contributed by atoms with Crippen LogP contribution >= 0.6 is 23.2 Å². The minimum absolute atomic E-state index is 0.0103. The van der Waals surface area contributed by atoms with Gasteiger partial charge in [-0.15, -0.1) is 0 Å². The summed E-state index contributed by atoms with van der Waals surface area (Å²) in [5.41, 5.74) is 6.42. The van der Waals surface area contributed by atoms with E-state index in [1.54, 1.807) is 11.0 Å². The summed E-state index contributed by atoms with van der Waals surface area (Å²) in [5.74, 6) is -0.198. The molecule has 1 saturated heterocycles. The molecule has 0 radical (unpaired) electrons. The highest BCUT2D eigenvalue weighted by Gasteiger charge is 2.46. The topological polar surface area (TPSA) is 63.4 Å². The number of nitrogens with zero attached hydrogens (tertiary/aromatic N) is 1. The Balaban J connectivity index is 1.65. The minimum atomic E-state index is -0.311. The normalized spacial score (nSPS) is 27.5. The number of amides is 2. The van der Waals surface area contributed by atoms with Crippen LogP contribution in [0.5, 0.6) is 0 Å². The van der Waals surface area contributed by atoms with Gasteiger partial charge in [0.1, 0.15) is 0 Å². The molecule has 0 unspecified atom stereocenters. The molecule has 3 atom stereocenters. The molecule has 1 heterocycles. The minimum Gasteiger partial charge on any atom is -0.369 e. The molecule has 2 aliphatic rings. The van der Waals surface area contributed by atoms with Crippen LogP contribution in [0.15, 0.2) is 18.2 Å². The lowest BCUT2D eigenvalue weighted by atomic mass is 9.97. The Hall–Kier alpha value is -1.26. The van der Waals surface area contributed by atoms with Crippen molar-refractivity contribution in [1.29, 1.82) is 0 Å². The molecule has 4 nitrogen and oxygen atoms in total. The van der Waals surface area contributed by atoms with Gasteiger partial charge in [0.15, 0.2) is 0 Å². The number of carbonyl (C=O) groups is 2. The van der Waals surface area contributed by atoms with E-state index in [2.05, 4.69) is 0 Å². The number of piperidine rings is 1. The number of rotatable bonds is 3. The lowest BCUT2D eigenvalue weighted by Crippen LogP contribution is -2.44. The van der Waals surface area contributed by atoms with E-state index in [1.165, 1.54) is 0 Å². The van der Waals surface area contributed by atoms with Gasteiger partial charge in [0.05, 0.1) is 16.0 Å². The number of halogens is 2. The van der Waals surface area contributed by atoms with Crippen molar-refractivity contribution in [3.05, 3.63) is 33.8 Å². The van der Waals surface area contributed by atoms with E-state index in [0.717, 1.165) is 24.8 Å². The average molecular weight is 341 g/mol. The first-order valence-corrected chi connectivity index (χ1v) is 8.26. The van der Waals surface area contributed by atoms with Crippen LogP contribution in [0.1, 0.15) is 30.7 Å². The highest BCUT2D eigenvalue weighted by Crippen LogP contribution is 2.49. The van der Waals surface area contributed by atoms with E-state index in [1.807, 2.05) is 12.1 Å². The molecule has 0 spiro atoms. The maximum Gasteiger partial charge on any atom is 0.226 e. The molecule has 2 amide bonds. The lowest BCUT2D eigenvalue weighted by Gasteiger charge is -2.31. The summed E-state index contributed by atoms with van der Waals surface area (Å²) in [6, 6.07) is 5.53. The highest BCUT2D eigenvalue weighted by molar-refractivity contribution is 6.42. The van der Waals surface area contributed by atoms with Crippen LogP contribution in [-0.4, -0.2) is 29.8 Å². The molecule has 1 aromatic carbocycles. The van der Waals surface area contributed by atoms with Gasteiger partial charge in [-0.3, -0.25) is 9.59 Å². The van der Waals surface area contributed by atoms with E-state index < -0.39 is 0 Å². The predicted octanol–water partition coefficient (Wildman–Crippen LogP) is 2.82. The monoisotopic (exact) mass is 340 g/mol. The van der Waals surface area contributed by atoms with Crippen molar-refractivity contribution < 1.29 is 9.59 Å². The van der Waals surface area contributed by atoms with Crippen LogP contribution in [0.2, 0.25) is 10.0 Å². The number of benzene rings is 1. The van der Waals surface area contributed by atoms with E-state index in [9.17, 15) is 9.59 Å². The van der Waals surface area contributed by atoms with Crippen LogP contribution < -0.4 is 5.73 Å². The Labute approximate surface area is 139 Å². The smallest absolute Gasteiger partial charge is 0.226 e. The summed E-state index contributed by atoms with van der Waals surface area (Å²) in [4.78, 5) is 25.7. The Morgan fingerprint density at radius 2 is 2.00 bits per heavy atom. The number of likely N-dealkylation sites (tertiary alicyclic amines) is 1. The third kappa shape index (κ3) is 3.08. The Morgan fingerprint density at radius 1 is 1.23 bits per heavy atom. The lowest BCUT2D eigenvalue weighted by molar-refractivity contribution is -0.136. The van der Waals surface area contributed by atoms with Gasteiger partial charge in [-0.2, -0.15) is 0 Å². The zero-order valence-corrected chi connectivity index (χ0v) is 13.6. The van der Waals surface area contributed by atoms with Crippen molar-refractivity contribution in [2.75, 3.05) is 13.1 Å². The van der Waals surface area contributed by atoms with Crippen LogP contribution in [0, 0.1) is 11.8 Å². The van der Waals surface area contributed by atoms with Gasteiger partial charge in [-0.1, -0.05) is 29.3 Å². The third-order valence-corrected chi connectivity index (χ3v) is 5.35. The SMILES string of the molecule is NC(=O)[C@@H]1CCCN(C(=O)[C@@H]2C[C@@H]2c2ccc(Cl)c(Cl)c2)C1.